The van der Waals surface area contributed by atoms with Gasteiger partial charge >= 0.3 is 0 Å². The van der Waals surface area contributed by atoms with Crippen molar-refractivity contribution in [2.24, 2.45) is 5.92 Å². The van der Waals surface area contributed by atoms with Crippen molar-refractivity contribution in [1.82, 2.24) is 4.90 Å². The van der Waals surface area contributed by atoms with Crippen molar-refractivity contribution in [1.29, 1.82) is 0 Å². The molecule has 2 N–H and O–H groups in total. The number of benzene rings is 1. The second kappa shape index (κ2) is 7.24. The molecule has 0 radical (unpaired) electrons. The second-order valence-electron chi connectivity index (χ2n) is 7.42. The molecule has 2 fully saturated rings. The lowest BCUT2D eigenvalue weighted by atomic mass is 9.66. The first kappa shape index (κ1) is 18.1. The van der Waals surface area contributed by atoms with Crippen LogP contribution in [0.4, 0.5) is 0 Å². The van der Waals surface area contributed by atoms with Gasteiger partial charge in [0.25, 0.3) is 0 Å². The minimum absolute atomic E-state index is 0.0325. The first-order valence-corrected chi connectivity index (χ1v) is 9.39. The summed E-state index contributed by atoms with van der Waals surface area (Å²) >= 11 is 0. The van der Waals surface area contributed by atoms with Crippen LogP contribution in [0.2, 0.25) is 0 Å². The first-order valence-electron chi connectivity index (χ1n) is 9.39. The number of methoxy groups -OCH3 is 1. The number of phenolic OH excluding ortho intramolecular Hbond substituents is 1. The standard InChI is InChI=1S/C20H29NO4/c1-3-6-18(23)21-12-11-20(24)10-5-4-7-15(20)19(21)14-8-9-16(22)17(13-14)25-2/h8-9,13,15,19,22,24H,3-7,10-12H2,1-2H3. The van der Waals surface area contributed by atoms with Gasteiger partial charge in [-0.05, 0) is 43.4 Å². The Kier molecular flexibility index (Phi) is 5.23. The maximum absolute atomic E-state index is 12.7. The predicted octanol–water partition coefficient (Wildman–Crippen LogP) is 3.40. The Hall–Kier alpha value is -1.75. The van der Waals surface area contributed by atoms with Gasteiger partial charge in [-0.2, -0.15) is 0 Å². The molecular formula is C20H29NO4. The Balaban J connectivity index is 2.02. The van der Waals surface area contributed by atoms with Crippen molar-refractivity contribution in [3.8, 4) is 11.5 Å². The lowest BCUT2D eigenvalue weighted by Crippen LogP contribution is -2.56. The maximum atomic E-state index is 12.7. The van der Waals surface area contributed by atoms with Gasteiger partial charge in [-0.3, -0.25) is 4.79 Å². The van der Waals surface area contributed by atoms with Gasteiger partial charge in [-0.15, -0.1) is 0 Å². The van der Waals surface area contributed by atoms with Crippen molar-refractivity contribution >= 4 is 5.91 Å². The summed E-state index contributed by atoms with van der Waals surface area (Å²) < 4.78 is 5.26. The number of rotatable bonds is 4. The summed E-state index contributed by atoms with van der Waals surface area (Å²) in [6.45, 7) is 2.59. The van der Waals surface area contributed by atoms with Crippen LogP contribution in [0, 0.1) is 5.92 Å². The number of likely N-dealkylation sites (tertiary alicyclic amines) is 1. The molecule has 138 valence electrons. The van der Waals surface area contributed by atoms with Gasteiger partial charge < -0.3 is 19.8 Å². The monoisotopic (exact) mass is 347 g/mol. The summed E-state index contributed by atoms with van der Waals surface area (Å²) in [5.41, 5.74) is 0.237. The zero-order valence-electron chi connectivity index (χ0n) is 15.2. The van der Waals surface area contributed by atoms with E-state index in [-0.39, 0.29) is 23.6 Å². The highest BCUT2D eigenvalue weighted by Crippen LogP contribution is 2.50. The lowest BCUT2D eigenvalue weighted by Gasteiger charge is -2.52. The Morgan fingerprint density at radius 3 is 2.88 bits per heavy atom. The highest BCUT2D eigenvalue weighted by atomic mass is 16.5. The molecule has 1 aliphatic heterocycles. The van der Waals surface area contributed by atoms with Gasteiger partial charge in [0.2, 0.25) is 5.91 Å². The van der Waals surface area contributed by atoms with E-state index in [1.807, 2.05) is 24.0 Å². The van der Waals surface area contributed by atoms with Crippen LogP contribution in [-0.4, -0.2) is 40.3 Å². The number of ether oxygens (including phenoxy) is 1. The topological polar surface area (TPSA) is 70.0 Å². The van der Waals surface area contributed by atoms with E-state index in [9.17, 15) is 15.0 Å². The summed E-state index contributed by atoms with van der Waals surface area (Å²) in [5.74, 6) is 0.676. The number of carbonyl (C=O) groups is 1. The number of aromatic hydroxyl groups is 1. The molecule has 1 aliphatic carbocycles. The fourth-order valence-electron chi connectivity index (χ4n) is 4.61. The maximum Gasteiger partial charge on any atom is 0.223 e. The van der Waals surface area contributed by atoms with Gasteiger partial charge in [0, 0.05) is 18.9 Å². The van der Waals surface area contributed by atoms with Gasteiger partial charge in [-0.1, -0.05) is 25.8 Å². The van der Waals surface area contributed by atoms with Gasteiger partial charge in [0.05, 0.1) is 18.8 Å². The number of aliphatic hydroxyl groups is 1. The molecule has 25 heavy (non-hydrogen) atoms. The Labute approximate surface area is 149 Å². The largest absolute Gasteiger partial charge is 0.504 e. The Bertz CT molecular complexity index is 632. The van der Waals surface area contributed by atoms with E-state index >= 15 is 0 Å². The molecule has 1 aromatic carbocycles. The number of amides is 1. The number of phenols is 1. The third-order valence-electron chi connectivity index (χ3n) is 5.90. The Morgan fingerprint density at radius 2 is 2.16 bits per heavy atom. The molecule has 5 heteroatoms. The van der Waals surface area contributed by atoms with E-state index < -0.39 is 5.60 Å². The molecule has 3 unspecified atom stereocenters. The molecule has 1 amide bonds. The minimum atomic E-state index is -0.697. The van der Waals surface area contributed by atoms with Crippen LogP contribution in [0.3, 0.4) is 0 Å². The molecule has 0 aromatic heterocycles. The third kappa shape index (κ3) is 3.34. The van der Waals surface area contributed by atoms with Crippen molar-refractivity contribution in [2.75, 3.05) is 13.7 Å². The summed E-state index contributed by atoms with van der Waals surface area (Å²) in [6, 6.07) is 5.13. The van der Waals surface area contributed by atoms with Gasteiger partial charge in [0.1, 0.15) is 0 Å². The molecular weight excluding hydrogens is 318 g/mol. The van der Waals surface area contributed by atoms with E-state index in [1.165, 1.54) is 7.11 Å². The number of nitrogens with zero attached hydrogens (tertiary/aromatic N) is 1. The smallest absolute Gasteiger partial charge is 0.223 e. The third-order valence-corrected chi connectivity index (χ3v) is 5.90. The van der Waals surface area contributed by atoms with Crippen molar-refractivity contribution < 1.29 is 19.7 Å². The lowest BCUT2D eigenvalue weighted by molar-refractivity contribution is -0.155. The van der Waals surface area contributed by atoms with Crippen molar-refractivity contribution in [2.45, 2.75) is 63.5 Å². The normalized spacial score (nSPS) is 29.2. The average molecular weight is 347 g/mol. The van der Waals surface area contributed by atoms with Crippen molar-refractivity contribution in [3.05, 3.63) is 23.8 Å². The number of piperidine rings is 1. The van der Waals surface area contributed by atoms with Gasteiger partial charge in [-0.25, -0.2) is 0 Å². The van der Waals surface area contributed by atoms with E-state index in [2.05, 4.69) is 0 Å². The summed E-state index contributed by atoms with van der Waals surface area (Å²) in [5, 5.41) is 21.1. The van der Waals surface area contributed by atoms with E-state index in [1.54, 1.807) is 6.07 Å². The molecule has 0 spiro atoms. The number of hydrogen-bond donors (Lipinski definition) is 2. The van der Waals surface area contributed by atoms with Crippen LogP contribution < -0.4 is 4.74 Å². The van der Waals surface area contributed by atoms with Crippen LogP contribution in [0.1, 0.15) is 63.5 Å². The highest BCUT2D eigenvalue weighted by molar-refractivity contribution is 5.77. The minimum Gasteiger partial charge on any atom is -0.504 e. The second-order valence-corrected chi connectivity index (χ2v) is 7.42. The van der Waals surface area contributed by atoms with E-state index in [4.69, 9.17) is 4.74 Å². The SMILES string of the molecule is CCCC(=O)N1CCC2(O)CCCCC2C1c1ccc(O)c(OC)c1. The van der Waals surface area contributed by atoms with Crippen molar-refractivity contribution in [3.63, 3.8) is 0 Å². The van der Waals surface area contributed by atoms with Gasteiger partial charge in [0.15, 0.2) is 11.5 Å². The van der Waals surface area contributed by atoms with Crippen LogP contribution in [-0.2, 0) is 4.79 Å². The zero-order valence-corrected chi connectivity index (χ0v) is 15.2. The molecule has 1 aromatic rings. The molecule has 3 atom stereocenters. The first-order chi connectivity index (χ1) is 12.0. The molecule has 1 saturated heterocycles. The summed E-state index contributed by atoms with van der Waals surface area (Å²) in [6.07, 6.45) is 5.83. The van der Waals surface area contributed by atoms with Crippen LogP contribution >= 0.6 is 0 Å². The Morgan fingerprint density at radius 1 is 1.36 bits per heavy atom. The molecule has 2 aliphatic rings. The molecule has 3 rings (SSSR count). The highest BCUT2D eigenvalue weighted by Gasteiger charge is 2.50. The van der Waals surface area contributed by atoms with E-state index in [0.717, 1.165) is 37.7 Å². The van der Waals surface area contributed by atoms with Crippen LogP contribution in [0.25, 0.3) is 0 Å². The molecule has 0 bridgehead atoms. The van der Waals surface area contributed by atoms with Crippen LogP contribution in [0.5, 0.6) is 11.5 Å². The summed E-state index contributed by atoms with van der Waals surface area (Å²) in [4.78, 5) is 14.7. The fraction of sp³-hybridized carbons (Fsp3) is 0.650. The number of carbonyl (C=O) groups excluding carboxylic acids is 1. The molecule has 5 nitrogen and oxygen atoms in total. The van der Waals surface area contributed by atoms with Crippen LogP contribution in [0.15, 0.2) is 18.2 Å². The van der Waals surface area contributed by atoms with E-state index in [0.29, 0.717) is 25.1 Å². The summed E-state index contributed by atoms with van der Waals surface area (Å²) in [7, 11) is 1.52. The average Bonchev–Trinajstić information content (AvgIpc) is 2.61. The number of hydrogen-bond acceptors (Lipinski definition) is 4. The molecule has 1 heterocycles. The molecule has 1 saturated carbocycles. The quantitative estimate of drug-likeness (QED) is 0.876. The predicted molar refractivity (Wildman–Crippen MR) is 95.5 cm³/mol. The fourth-order valence-corrected chi connectivity index (χ4v) is 4.61. The zero-order chi connectivity index (χ0) is 18.0. The number of fused-ring (bicyclic) bond motifs is 1.